The smallest absolute Gasteiger partial charge is 0.411 e. The Balaban J connectivity index is 1.54. The second-order valence-corrected chi connectivity index (χ2v) is 7.85. The average molecular weight is 480 g/mol. The highest BCUT2D eigenvalue weighted by Gasteiger charge is 2.14. The fourth-order valence-electron chi connectivity index (χ4n) is 3.35. The van der Waals surface area contributed by atoms with E-state index in [0.717, 1.165) is 11.1 Å². The van der Waals surface area contributed by atoms with Gasteiger partial charge in [-0.15, -0.1) is 0 Å². The summed E-state index contributed by atoms with van der Waals surface area (Å²) in [5.74, 6) is 0.936. The number of nitrogens with zero attached hydrogens (tertiary/aromatic N) is 2. The first-order chi connectivity index (χ1) is 16.4. The molecule has 0 saturated carbocycles. The number of methoxy groups -OCH3 is 1. The Kier molecular flexibility index (Phi) is 6.93. The van der Waals surface area contributed by atoms with Crippen LogP contribution >= 0.6 is 11.6 Å². The van der Waals surface area contributed by atoms with Crippen molar-refractivity contribution >= 4 is 40.1 Å². The van der Waals surface area contributed by atoms with Gasteiger partial charge < -0.3 is 19.8 Å². The summed E-state index contributed by atoms with van der Waals surface area (Å²) in [6.07, 6.45) is 2.64. The van der Waals surface area contributed by atoms with Crippen LogP contribution in [0, 0.1) is 0 Å². The van der Waals surface area contributed by atoms with Gasteiger partial charge in [0.2, 0.25) is 0 Å². The number of halogens is 1. The third-order valence-electron chi connectivity index (χ3n) is 5.05. The van der Waals surface area contributed by atoms with E-state index in [2.05, 4.69) is 30.3 Å². The number of amides is 1. The number of hydrogen-bond donors (Lipinski definition) is 3. The monoisotopic (exact) mass is 479 g/mol. The standard InChI is InChI=1S/C24H22ClN5O4/c1-14(28-22-11-16(6-8-27-22)29-24(32)33-2)18-9-15-10-19(25)21(12-20(15)30-23(18)31)34-13-17-5-3-4-7-26-17/h3-12,14H,13H2,1-2H3,(H,30,31)(H2,27,28,29,32)/t14-/m0/s1. The van der Waals surface area contributed by atoms with Gasteiger partial charge in [0.1, 0.15) is 18.2 Å². The van der Waals surface area contributed by atoms with Crippen molar-refractivity contribution in [2.45, 2.75) is 19.6 Å². The van der Waals surface area contributed by atoms with Crippen molar-refractivity contribution < 1.29 is 14.3 Å². The van der Waals surface area contributed by atoms with Gasteiger partial charge in [0, 0.05) is 41.2 Å². The molecule has 1 aromatic carbocycles. The van der Waals surface area contributed by atoms with Gasteiger partial charge in [-0.05, 0) is 37.3 Å². The molecule has 34 heavy (non-hydrogen) atoms. The molecular weight excluding hydrogens is 458 g/mol. The number of nitrogens with one attached hydrogen (secondary N) is 3. The molecule has 9 nitrogen and oxygen atoms in total. The van der Waals surface area contributed by atoms with Crippen LogP contribution < -0.4 is 20.9 Å². The predicted octanol–water partition coefficient (Wildman–Crippen LogP) is 4.90. The third kappa shape index (κ3) is 5.44. The van der Waals surface area contributed by atoms with Crippen molar-refractivity contribution in [1.82, 2.24) is 15.0 Å². The first-order valence-electron chi connectivity index (χ1n) is 10.4. The Morgan fingerprint density at radius 1 is 1.15 bits per heavy atom. The molecule has 0 spiro atoms. The lowest BCUT2D eigenvalue weighted by atomic mass is 10.1. The van der Waals surface area contributed by atoms with E-state index in [-0.39, 0.29) is 18.2 Å². The van der Waals surface area contributed by atoms with E-state index in [1.54, 1.807) is 36.5 Å². The van der Waals surface area contributed by atoms with E-state index in [4.69, 9.17) is 16.3 Å². The van der Waals surface area contributed by atoms with Crippen LogP contribution in [0.4, 0.5) is 16.3 Å². The molecule has 3 N–H and O–H groups in total. The summed E-state index contributed by atoms with van der Waals surface area (Å²) in [7, 11) is 1.28. The second-order valence-electron chi connectivity index (χ2n) is 7.45. The van der Waals surface area contributed by atoms with Crippen molar-refractivity contribution in [3.63, 3.8) is 0 Å². The number of ether oxygens (including phenoxy) is 2. The molecule has 0 radical (unpaired) electrons. The molecule has 174 valence electrons. The molecule has 0 fully saturated rings. The van der Waals surface area contributed by atoms with Gasteiger partial charge in [0.05, 0.1) is 29.4 Å². The van der Waals surface area contributed by atoms with Gasteiger partial charge in [-0.3, -0.25) is 15.1 Å². The highest BCUT2D eigenvalue weighted by molar-refractivity contribution is 6.32. The first-order valence-corrected chi connectivity index (χ1v) is 10.8. The molecular formula is C24H22ClN5O4. The molecule has 3 heterocycles. The van der Waals surface area contributed by atoms with Gasteiger partial charge in [-0.2, -0.15) is 0 Å². The SMILES string of the molecule is COC(=O)Nc1ccnc(N[C@@H](C)c2cc3cc(Cl)c(OCc4ccccn4)cc3[nH]c2=O)c1. The molecule has 0 unspecified atom stereocenters. The number of H-pyrrole nitrogens is 1. The van der Waals surface area contributed by atoms with E-state index in [9.17, 15) is 9.59 Å². The topological polar surface area (TPSA) is 118 Å². The van der Waals surface area contributed by atoms with Gasteiger partial charge in [0.15, 0.2) is 0 Å². The molecule has 0 saturated heterocycles. The number of fused-ring (bicyclic) bond motifs is 1. The van der Waals surface area contributed by atoms with Crippen LogP contribution in [0.3, 0.4) is 0 Å². The number of pyridine rings is 3. The second kappa shape index (κ2) is 10.2. The highest BCUT2D eigenvalue weighted by atomic mass is 35.5. The van der Waals surface area contributed by atoms with Gasteiger partial charge in [0.25, 0.3) is 5.56 Å². The molecule has 0 aliphatic carbocycles. The zero-order valence-corrected chi connectivity index (χ0v) is 19.2. The van der Waals surface area contributed by atoms with E-state index >= 15 is 0 Å². The lowest BCUT2D eigenvalue weighted by Gasteiger charge is -2.16. The zero-order valence-electron chi connectivity index (χ0n) is 18.5. The number of aromatic nitrogens is 3. The number of carbonyl (C=O) groups is 1. The number of hydrogen-bond acceptors (Lipinski definition) is 7. The summed E-state index contributed by atoms with van der Waals surface area (Å²) >= 11 is 6.43. The Morgan fingerprint density at radius 2 is 2.00 bits per heavy atom. The Bertz CT molecular complexity index is 1380. The van der Waals surface area contributed by atoms with Crippen LogP contribution in [0.2, 0.25) is 5.02 Å². The van der Waals surface area contributed by atoms with Crippen LogP contribution in [0.5, 0.6) is 5.75 Å². The largest absolute Gasteiger partial charge is 0.486 e. The lowest BCUT2D eigenvalue weighted by Crippen LogP contribution is -2.20. The fraction of sp³-hybridized carbons (Fsp3) is 0.167. The minimum atomic E-state index is -0.587. The van der Waals surface area contributed by atoms with Gasteiger partial charge >= 0.3 is 6.09 Å². The average Bonchev–Trinajstić information content (AvgIpc) is 2.83. The Hall–Kier alpha value is -4.11. The Morgan fingerprint density at radius 3 is 2.76 bits per heavy atom. The normalized spacial score (nSPS) is 11.6. The molecule has 10 heteroatoms. The third-order valence-corrected chi connectivity index (χ3v) is 5.35. The predicted molar refractivity (Wildman–Crippen MR) is 130 cm³/mol. The van der Waals surface area contributed by atoms with Crippen molar-refractivity contribution in [3.8, 4) is 5.75 Å². The summed E-state index contributed by atoms with van der Waals surface area (Å²) in [6.45, 7) is 2.09. The maximum absolute atomic E-state index is 12.8. The number of carbonyl (C=O) groups excluding carboxylic acids is 1. The van der Waals surface area contributed by atoms with E-state index in [0.29, 0.717) is 33.4 Å². The summed E-state index contributed by atoms with van der Waals surface area (Å²) < 4.78 is 10.4. The summed E-state index contributed by atoms with van der Waals surface area (Å²) in [5.41, 5.74) is 2.12. The molecule has 4 rings (SSSR count). The first kappa shape index (κ1) is 23.1. The van der Waals surface area contributed by atoms with E-state index in [1.807, 2.05) is 25.1 Å². The molecule has 1 atom stereocenters. The molecule has 3 aromatic heterocycles. The lowest BCUT2D eigenvalue weighted by molar-refractivity contribution is 0.187. The van der Waals surface area contributed by atoms with E-state index < -0.39 is 6.09 Å². The van der Waals surface area contributed by atoms with Crippen molar-refractivity contribution in [2.75, 3.05) is 17.7 Å². The van der Waals surface area contributed by atoms with Crippen molar-refractivity contribution in [3.05, 3.63) is 87.6 Å². The van der Waals surface area contributed by atoms with Crippen LogP contribution in [-0.2, 0) is 11.3 Å². The summed E-state index contributed by atoms with van der Waals surface area (Å²) in [5, 5.41) is 6.92. The molecule has 1 amide bonds. The number of aromatic amines is 1. The highest BCUT2D eigenvalue weighted by Crippen LogP contribution is 2.30. The fourth-order valence-corrected chi connectivity index (χ4v) is 3.57. The maximum Gasteiger partial charge on any atom is 0.411 e. The van der Waals surface area contributed by atoms with Crippen LogP contribution in [0.25, 0.3) is 10.9 Å². The van der Waals surface area contributed by atoms with Gasteiger partial charge in [-0.1, -0.05) is 17.7 Å². The number of benzene rings is 1. The maximum atomic E-state index is 12.8. The minimum Gasteiger partial charge on any atom is -0.486 e. The van der Waals surface area contributed by atoms with Crippen LogP contribution in [-0.4, -0.2) is 28.2 Å². The molecule has 0 aliphatic rings. The van der Waals surface area contributed by atoms with Crippen LogP contribution in [0.15, 0.2) is 65.7 Å². The van der Waals surface area contributed by atoms with E-state index in [1.165, 1.54) is 13.3 Å². The summed E-state index contributed by atoms with van der Waals surface area (Å²) in [4.78, 5) is 35.6. The van der Waals surface area contributed by atoms with Crippen LogP contribution in [0.1, 0.15) is 24.2 Å². The van der Waals surface area contributed by atoms with Gasteiger partial charge in [-0.25, -0.2) is 9.78 Å². The van der Waals surface area contributed by atoms with Crippen molar-refractivity contribution in [1.29, 1.82) is 0 Å². The zero-order chi connectivity index (χ0) is 24.1. The number of rotatable bonds is 7. The Labute approximate surface area is 200 Å². The molecule has 0 bridgehead atoms. The molecule has 4 aromatic rings. The summed E-state index contributed by atoms with van der Waals surface area (Å²) in [6, 6.07) is 13.7. The quantitative estimate of drug-likeness (QED) is 0.345. The van der Waals surface area contributed by atoms with Crippen molar-refractivity contribution in [2.24, 2.45) is 0 Å². The molecule has 0 aliphatic heterocycles. The number of anilines is 2. The minimum absolute atomic E-state index is 0.255.